The van der Waals surface area contributed by atoms with E-state index >= 15 is 0 Å². The van der Waals surface area contributed by atoms with Crippen LogP contribution in [0.5, 0.6) is 5.75 Å². The topological polar surface area (TPSA) is 75.6 Å². The second kappa shape index (κ2) is 8.60. The van der Waals surface area contributed by atoms with E-state index in [1.54, 1.807) is 0 Å². The fraction of sp³-hybridized carbons (Fsp3) is 0.364. The average molecular weight is 400 g/mol. The highest BCUT2D eigenvalue weighted by molar-refractivity contribution is 6.07. The molecule has 0 fully saturated rings. The molecule has 1 amide bonds. The number of rotatable bonds is 6. The Bertz CT molecular complexity index is 872. The predicted molar refractivity (Wildman–Crippen MR) is 115 cm³/mol. The molecule has 0 saturated carbocycles. The van der Waals surface area contributed by atoms with Crippen molar-refractivity contribution >= 4 is 22.4 Å². The minimum Gasteiger partial charge on any atom is -0.552 e. The zero-order valence-corrected chi connectivity index (χ0v) is 19.4. The smallest absolute Gasteiger partial charge is 0.405 e. The maximum Gasteiger partial charge on any atom is 0.405 e. The summed E-state index contributed by atoms with van der Waals surface area (Å²) in [6.45, 7) is 10.3. The Labute approximate surface area is 169 Å². The van der Waals surface area contributed by atoms with Gasteiger partial charge in [0.2, 0.25) is 10.5 Å². The van der Waals surface area contributed by atoms with Gasteiger partial charge in [-0.15, -0.1) is 0 Å². The van der Waals surface area contributed by atoms with E-state index in [4.69, 9.17) is 4.43 Å². The normalized spacial score (nSPS) is 12.5. The number of benzene rings is 2. The van der Waals surface area contributed by atoms with Crippen molar-refractivity contribution in [3.63, 3.8) is 0 Å². The number of hydrogen-bond donors (Lipinski definition) is 2. The zero-order chi connectivity index (χ0) is 21.1. The maximum absolute atomic E-state index is 13.3. The molecular weight excluding hydrogens is 370 g/mol. The van der Waals surface area contributed by atoms with Crippen LogP contribution < -0.4 is 9.74 Å². The van der Waals surface area contributed by atoms with E-state index in [-0.39, 0.29) is 17.6 Å². The third-order valence-corrected chi connectivity index (χ3v) is 5.24. The number of nitrogens with one attached hydrogen (secondary N) is 1. The molecule has 0 unspecified atom stereocenters. The van der Waals surface area contributed by atoms with Crippen molar-refractivity contribution in [2.24, 2.45) is 0 Å². The number of carbonyl (C=O) groups is 2. The minimum atomic E-state index is -1.22. The number of Topliss-reactive ketones (excluding diaryl/α,β-unsaturated/α-hetero) is 1. The highest BCUT2D eigenvalue weighted by atomic mass is 28.2. The molecule has 0 bridgehead atoms. The van der Waals surface area contributed by atoms with Crippen molar-refractivity contribution in [3.05, 3.63) is 64.2 Å². The van der Waals surface area contributed by atoms with E-state index in [0.29, 0.717) is 21.8 Å². The van der Waals surface area contributed by atoms with Crippen molar-refractivity contribution in [2.75, 3.05) is 0 Å². The van der Waals surface area contributed by atoms with Gasteiger partial charge in [-0.3, -0.25) is 4.79 Å². The molecule has 2 aromatic rings. The molecule has 2 aromatic carbocycles. The van der Waals surface area contributed by atoms with E-state index in [1.165, 1.54) is 0 Å². The lowest BCUT2D eigenvalue weighted by molar-refractivity contribution is 0.0934. The lowest BCUT2D eigenvalue weighted by Crippen LogP contribution is -2.42. The van der Waals surface area contributed by atoms with Crippen LogP contribution in [0, 0.1) is 13.8 Å². The number of carboxylic acid groups (broad SMARTS) is 1. The molecule has 150 valence electrons. The zero-order valence-electron chi connectivity index (χ0n) is 17.4. The van der Waals surface area contributed by atoms with Crippen LogP contribution in [0.15, 0.2) is 36.4 Å². The van der Waals surface area contributed by atoms with Gasteiger partial charge in [0.15, 0.2) is 5.78 Å². The van der Waals surface area contributed by atoms with Gasteiger partial charge in [0, 0.05) is 6.42 Å². The maximum atomic E-state index is 13.3. The van der Waals surface area contributed by atoms with Crippen molar-refractivity contribution in [1.29, 1.82) is 0 Å². The number of carbonyl (C=O) groups excluding carboxylic acids is 1. The van der Waals surface area contributed by atoms with Crippen LogP contribution in [0.4, 0.5) is 4.79 Å². The number of hydrogen-bond acceptors (Lipinski definition) is 3. The first-order chi connectivity index (χ1) is 13.1. The monoisotopic (exact) mass is 399 g/mol. The highest BCUT2D eigenvalue weighted by Crippen LogP contribution is 2.37. The van der Waals surface area contributed by atoms with Gasteiger partial charge in [-0.25, -0.2) is 4.79 Å². The molecule has 28 heavy (non-hydrogen) atoms. The van der Waals surface area contributed by atoms with E-state index in [0.717, 1.165) is 22.3 Å². The summed E-state index contributed by atoms with van der Waals surface area (Å²) >= 11 is 0. The fourth-order valence-electron chi connectivity index (χ4n) is 3.96. The summed E-state index contributed by atoms with van der Waals surface area (Å²) in [4.78, 5) is 24.7. The Morgan fingerprint density at radius 2 is 1.79 bits per heavy atom. The lowest BCUT2D eigenvalue weighted by Gasteiger charge is -2.28. The molecular formula is C22H29NO4Si. The highest BCUT2D eigenvalue weighted by Gasteiger charge is 2.29. The largest absolute Gasteiger partial charge is 0.552 e. The van der Waals surface area contributed by atoms with E-state index in [2.05, 4.69) is 26.1 Å². The Hall–Kier alpha value is -2.60. The van der Waals surface area contributed by atoms with Crippen LogP contribution >= 0.6 is 0 Å². The second-order valence-electron chi connectivity index (χ2n) is 8.08. The summed E-state index contributed by atoms with van der Waals surface area (Å²) in [5, 5.41) is 11.6. The first kappa shape index (κ1) is 21.7. The standard InChI is InChI=1S/C22H29NO4Si/c1-13-11-16(20(27-28)14(2)18(13)22(3,4)5)19(24)17(23-21(25)26)12-15-9-7-6-8-10-15/h6-11,17,23H,12H2,1-5,28H3,(H,25,26)/t17-/m0/s1. The molecule has 0 aliphatic carbocycles. The molecule has 1 atom stereocenters. The molecule has 6 heteroatoms. The predicted octanol–water partition coefficient (Wildman–Crippen LogP) is 3.32. The molecule has 5 nitrogen and oxygen atoms in total. The van der Waals surface area contributed by atoms with Crippen LogP contribution in [-0.4, -0.2) is 33.5 Å². The van der Waals surface area contributed by atoms with Crippen molar-refractivity contribution in [1.82, 2.24) is 5.32 Å². The van der Waals surface area contributed by atoms with Crippen molar-refractivity contribution in [2.45, 2.75) is 52.5 Å². The van der Waals surface area contributed by atoms with Crippen molar-refractivity contribution in [3.8, 4) is 5.75 Å². The summed E-state index contributed by atoms with van der Waals surface area (Å²) in [7, 11) is 0.435. The van der Waals surface area contributed by atoms with Gasteiger partial charge in [-0.05, 0) is 47.6 Å². The Morgan fingerprint density at radius 3 is 2.29 bits per heavy atom. The number of ketones is 1. The second-order valence-corrected chi connectivity index (χ2v) is 8.49. The van der Waals surface area contributed by atoms with Crippen molar-refractivity contribution < 1.29 is 19.1 Å². The molecule has 0 saturated heterocycles. The molecule has 2 N–H and O–H groups in total. The SMILES string of the molecule is Cc1cc(C(=O)[C@H](Cc2ccccc2)NC(=O)O)c(O[SiH3])c(C)c1C(C)(C)C. The van der Waals surface area contributed by atoms with Gasteiger partial charge < -0.3 is 14.8 Å². The van der Waals surface area contributed by atoms with Gasteiger partial charge in [-0.2, -0.15) is 0 Å². The summed E-state index contributed by atoms with van der Waals surface area (Å²) in [6.07, 6.45) is -0.937. The van der Waals surface area contributed by atoms with E-state index in [1.807, 2.05) is 50.2 Å². The minimum absolute atomic E-state index is 0.0899. The molecule has 0 aliphatic heterocycles. The lowest BCUT2D eigenvalue weighted by atomic mass is 9.79. The molecule has 0 spiro atoms. The van der Waals surface area contributed by atoms with Gasteiger partial charge in [0.05, 0.1) is 11.6 Å². The Morgan fingerprint density at radius 1 is 1.18 bits per heavy atom. The third kappa shape index (κ3) is 4.81. The first-order valence-electron chi connectivity index (χ1n) is 9.32. The third-order valence-electron chi connectivity index (χ3n) is 4.83. The molecule has 2 rings (SSSR count). The molecule has 0 radical (unpaired) electrons. The van der Waals surface area contributed by atoms with E-state index in [9.17, 15) is 14.7 Å². The fourth-order valence-corrected chi connectivity index (χ4v) is 4.49. The average Bonchev–Trinajstić information content (AvgIpc) is 2.59. The van der Waals surface area contributed by atoms with Gasteiger partial charge in [0.25, 0.3) is 0 Å². The summed E-state index contributed by atoms with van der Waals surface area (Å²) in [5.74, 6) is 0.293. The first-order valence-corrected chi connectivity index (χ1v) is 10.1. The number of aryl methyl sites for hydroxylation is 1. The van der Waals surface area contributed by atoms with Crippen LogP contribution in [0.25, 0.3) is 0 Å². The van der Waals surface area contributed by atoms with Crippen LogP contribution in [-0.2, 0) is 11.8 Å². The molecule has 0 aliphatic rings. The van der Waals surface area contributed by atoms with E-state index < -0.39 is 12.1 Å². The van der Waals surface area contributed by atoms with Crippen LogP contribution in [0.1, 0.15) is 53.4 Å². The summed E-state index contributed by atoms with van der Waals surface area (Å²) < 4.78 is 5.74. The van der Waals surface area contributed by atoms with Gasteiger partial charge in [0.1, 0.15) is 5.75 Å². The van der Waals surface area contributed by atoms with Gasteiger partial charge >= 0.3 is 6.09 Å². The molecule has 0 heterocycles. The summed E-state index contributed by atoms with van der Waals surface area (Å²) in [6, 6.07) is 10.4. The quantitative estimate of drug-likeness (QED) is 0.577. The molecule has 0 aromatic heterocycles. The Kier molecular flexibility index (Phi) is 6.67. The van der Waals surface area contributed by atoms with Crippen LogP contribution in [0.3, 0.4) is 0 Å². The number of amides is 1. The van der Waals surface area contributed by atoms with Crippen LogP contribution in [0.2, 0.25) is 0 Å². The van der Waals surface area contributed by atoms with Gasteiger partial charge in [-0.1, -0.05) is 51.1 Å². The Balaban J connectivity index is 2.53. The summed E-state index contributed by atoms with van der Waals surface area (Å²) in [5.41, 5.74) is 4.34.